The number of hydrogen-bond acceptors (Lipinski definition) is 2. The van der Waals surface area contributed by atoms with Gasteiger partial charge in [0.15, 0.2) is 5.96 Å². The summed E-state index contributed by atoms with van der Waals surface area (Å²) in [6, 6.07) is 8.50. The topological polar surface area (TPSA) is 45.7 Å². The molecule has 1 aromatic rings. The van der Waals surface area contributed by atoms with Crippen LogP contribution in [0.3, 0.4) is 0 Å². The molecule has 1 aromatic carbocycles. The maximum absolute atomic E-state index is 6.00. The molecule has 0 saturated heterocycles. The van der Waals surface area contributed by atoms with Gasteiger partial charge >= 0.3 is 0 Å². The second-order valence-corrected chi connectivity index (χ2v) is 6.20. The van der Waals surface area contributed by atoms with Crippen molar-refractivity contribution in [2.75, 3.05) is 7.05 Å². The SMILES string of the molecule is CCC(C)NC(=NC)NCc1ccccc1OC(C)(C)C. The van der Waals surface area contributed by atoms with Crippen LogP contribution in [0.2, 0.25) is 0 Å². The maximum Gasteiger partial charge on any atom is 0.191 e. The summed E-state index contributed by atoms with van der Waals surface area (Å²) in [4.78, 5) is 4.25. The first kappa shape index (κ1) is 17.3. The van der Waals surface area contributed by atoms with Crippen LogP contribution in [0.4, 0.5) is 0 Å². The van der Waals surface area contributed by atoms with E-state index in [1.807, 2.05) is 18.2 Å². The first-order valence-electron chi connectivity index (χ1n) is 7.59. The number of ether oxygens (including phenoxy) is 1. The number of hydrogen-bond donors (Lipinski definition) is 2. The van der Waals surface area contributed by atoms with E-state index in [0.717, 1.165) is 23.7 Å². The van der Waals surface area contributed by atoms with E-state index in [-0.39, 0.29) is 5.60 Å². The lowest BCUT2D eigenvalue weighted by Crippen LogP contribution is -2.41. The van der Waals surface area contributed by atoms with Crippen molar-refractivity contribution in [1.29, 1.82) is 0 Å². The van der Waals surface area contributed by atoms with Crippen molar-refractivity contribution in [1.82, 2.24) is 10.6 Å². The Hall–Kier alpha value is -1.71. The minimum absolute atomic E-state index is 0.202. The van der Waals surface area contributed by atoms with Gasteiger partial charge in [0.2, 0.25) is 0 Å². The molecule has 0 amide bonds. The first-order valence-corrected chi connectivity index (χ1v) is 7.59. The van der Waals surface area contributed by atoms with E-state index in [1.165, 1.54) is 0 Å². The van der Waals surface area contributed by atoms with Crippen LogP contribution in [0.1, 0.15) is 46.6 Å². The fourth-order valence-electron chi connectivity index (χ4n) is 1.79. The molecule has 0 radical (unpaired) electrons. The van der Waals surface area contributed by atoms with E-state index < -0.39 is 0 Å². The highest BCUT2D eigenvalue weighted by Crippen LogP contribution is 2.22. The van der Waals surface area contributed by atoms with Gasteiger partial charge in [0.25, 0.3) is 0 Å². The van der Waals surface area contributed by atoms with Crippen molar-refractivity contribution < 1.29 is 4.74 Å². The molecule has 0 spiro atoms. The molecule has 0 bridgehead atoms. The molecule has 0 heterocycles. The summed E-state index contributed by atoms with van der Waals surface area (Å²) < 4.78 is 6.00. The molecule has 1 atom stereocenters. The van der Waals surface area contributed by atoms with Crippen LogP contribution in [0.15, 0.2) is 29.3 Å². The molecule has 4 nitrogen and oxygen atoms in total. The highest BCUT2D eigenvalue weighted by atomic mass is 16.5. The normalized spacial score (nSPS) is 13.7. The fraction of sp³-hybridized carbons (Fsp3) is 0.588. The first-order chi connectivity index (χ1) is 9.85. The molecule has 1 rings (SSSR count). The molecular formula is C17H29N3O. The van der Waals surface area contributed by atoms with Crippen molar-refractivity contribution in [3.63, 3.8) is 0 Å². The second-order valence-electron chi connectivity index (χ2n) is 6.20. The van der Waals surface area contributed by atoms with E-state index in [0.29, 0.717) is 12.6 Å². The molecule has 118 valence electrons. The molecule has 1 unspecified atom stereocenters. The average Bonchev–Trinajstić information content (AvgIpc) is 2.42. The van der Waals surface area contributed by atoms with Gasteiger partial charge in [0.1, 0.15) is 11.4 Å². The van der Waals surface area contributed by atoms with Gasteiger partial charge in [-0.3, -0.25) is 4.99 Å². The molecule has 0 aliphatic rings. The zero-order valence-corrected chi connectivity index (χ0v) is 14.2. The Morgan fingerprint density at radius 3 is 2.52 bits per heavy atom. The lowest BCUT2D eigenvalue weighted by molar-refractivity contribution is 0.129. The number of nitrogens with one attached hydrogen (secondary N) is 2. The maximum atomic E-state index is 6.00. The summed E-state index contributed by atoms with van der Waals surface area (Å²) in [6.07, 6.45) is 1.06. The van der Waals surface area contributed by atoms with Gasteiger partial charge in [0.05, 0.1) is 0 Å². The molecule has 0 aromatic heterocycles. The lowest BCUT2D eigenvalue weighted by atomic mass is 10.1. The molecule has 4 heteroatoms. The molecule has 0 saturated carbocycles. The number of nitrogens with zero attached hydrogens (tertiary/aromatic N) is 1. The number of para-hydroxylation sites is 1. The molecule has 0 aliphatic heterocycles. The summed E-state index contributed by atoms with van der Waals surface area (Å²) in [5.74, 6) is 1.73. The number of aliphatic imine (C=N–C) groups is 1. The van der Waals surface area contributed by atoms with Crippen molar-refractivity contribution in [2.24, 2.45) is 4.99 Å². The number of benzene rings is 1. The summed E-state index contributed by atoms with van der Waals surface area (Å²) in [6.45, 7) is 11.1. The van der Waals surface area contributed by atoms with Gasteiger partial charge in [-0.25, -0.2) is 0 Å². The zero-order valence-electron chi connectivity index (χ0n) is 14.2. The van der Waals surface area contributed by atoms with E-state index in [4.69, 9.17) is 4.74 Å². The minimum atomic E-state index is -0.202. The number of guanidine groups is 1. The van der Waals surface area contributed by atoms with Crippen LogP contribution in [0.25, 0.3) is 0 Å². The van der Waals surface area contributed by atoms with Crippen molar-refractivity contribution in [2.45, 2.75) is 59.2 Å². The van der Waals surface area contributed by atoms with E-state index in [1.54, 1.807) is 7.05 Å². The third kappa shape index (κ3) is 6.52. The second kappa shape index (κ2) is 7.91. The Labute approximate surface area is 129 Å². The Morgan fingerprint density at radius 1 is 1.29 bits per heavy atom. The van der Waals surface area contributed by atoms with Gasteiger partial charge in [-0.15, -0.1) is 0 Å². The highest BCUT2D eigenvalue weighted by Gasteiger charge is 2.14. The summed E-state index contributed by atoms with van der Waals surface area (Å²) >= 11 is 0. The predicted octanol–water partition coefficient (Wildman–Crippen LogP) is 3.33. The van der Waals surface area contributed by atoms with Gasteiger partial charge < -0.3 is 15.4 Å². The Kier molecular flexibility index (Phi) is 6.53. The van der Waals surface area contributed by atoms with E-state index >= 15 is 0 Å². The van der Waals surface area contributed by atoms with Gasteiger partial charge in [-0.05, 0) is 40.2 Å². The van der Waals surface area contributed by atoms with Crippen LogP contribution in [-0.4, -0.2) is 24.7 Å². The molecule has 2 N–H and O–H groups in total. The molecule has 21 heavy (non-hydrogen) atoms. The smallest absolute Gasteiger partial charge is 0.191 e. The van der Waals surface area contributed by atoms with Gasteiger partial charge in [0, 0.05) is 25.2 Å². The average molecular weight is 291 g/mol. The predicted molar refractivity (Wildman–Crippen MR) is 89.9 cm³/mol. The van der Waals surface area contributed by atoms with E-state index in [2.05, 4.69) is 56.3 Å². The molecule has 0 fully saturated rings. The van der Waals surface area contributed by atoms with Gasteiger partial charge in [-0.2, -0.15) is 0 Å². The summed E-state index contributed by atoms with van der Waals surface area (Å²) in [5, 5.41) is 6.69. The zero-order chi connectivity index (χ0) is 15.9. The molecule has 0 aliphatic carbocycles. The highest BCUT2D eigenvalue weighted by molar-refractivity contribution is 5.79. The molecular weight excluding hydrogens is 262 g/mol. The van der Waals surface area contributed by atoms with Crippen LogP contribution in [0, 0.1) is 0 Å². The monoisotopic (exact) mass is 291 g/mol. The number of rotatable bonds is 5. The van der Waals surface area contributed by atoms with Crippen molar-refractivity contribution >= 4 is 5.96 Å². The Morgan fingerprint density at radius 2 is 1.95 bits per heavy atom. The Balaban J connectivity index is 2.70. The lowest BCUT2D eigenvalue weighted by Gasteiger charge is -2.24. The van der Waals surface area contributed by atoms with Crippen LogP contribution in [0.5, 0.6) is 5.75 Å². The fourth-order valence-corrected chi connectivity index (χ4v) is 1.79. The van der Waals surface area contributed by atoms with Crippen molar-refractivity contribution in [3.8, 4) is 5.75 Å². The minimum Gasteiger partial charge on any atom is -0.488 e. The van der Waals surface area contributed by atoms with Crippen LogP contribution in [-0.2, 0) is 6.54 Å². The van der Waals surface area contributed by atoms with E-state index in [9.17, 15) is 0 Å². The van der Waals surface area contributed by atoms with Crippen molar-refractivity contribution in [3.05, 3.63) is 29.8 Å². The standard InChI is InChI=1S/C17H29N3O/c1-7-13(2)20-16(18-6)19-12-14-10-8-9-11-15(14)21-17(3,4)5/h8-11,13H,7,12H2,1-6H3,(H2,18,19,20). The van der Waals surface area contributed by atoms with Crippen LogP contribution < -0.4 is 15.4 Å². The quantitative estimate of drug-likeness (QED) is 0.646. The third-order valence-electron chi connectivity index (χ3n) is 3.05. The third-order valence-corrected chi connectivity index (χ3v) is 3.05. The summed E-state index contributed by atoms with van der Waals surface area (Å²) in [7, 11) is 1.79. The largest absolute Gasteiger partial charge is 0.488 e. The van der Waals surface area contributed by atoms with Crippen LogP contribution >= 0.6 is 0 Å². The summed E-state index contributed by atoms with van der Waals surface area (Å²) in [5.41, 5.74) is 0.923. The Bertz CT molecular complexity index is 463. The van der Waals surface area contributed by atoms with Gasteiger partial charge in [-0.1, -0.05) is 25.1 Å².